The standard InChI is InChI=1S/C28H33N5O3/c1-36-26-12-6-5-8-22(26)13-15-30-27(34)28(35)31-21-25(23-9-7-14-29-20-23)33-18-16-32(17-19-33)24-10-3-2-4-11-24/h2-12,14,20,25H,13,15-19,21H2,1H3,(H,30,34)(H,31,35)/t25-/m1/s1. The molecule has 2 aromatic carbocycles. The van der Waals surface area contributed by atoms with Crippen molar-refractivity contribution in [3.05, 3.63) is 90.3 Å². The van der Waals surface area contributed by atoms with E-state index in [9.17, 15) is 9.59 Å². The van der Waals surface area contributed by atoms with E-state index in [1.165, 1.54) is 5.69 Å². The van der Waals surface area contributed by atoms with E-state index in [1.54, 1.807) is 13.3 Å². The Bertz CT molecular complexity index is 1120. The molecular formula is C28H33N5O3. The highest BCUT2D eigenvalue weighted by atomic mass is 16.5. The van der Waals surface area contributed by atoms with E-state index in [4.69, 9.17) is 4.74 Å². The Morgan fingerprint density at radius 2 is 1.64 bits per heavy atom. The van der Waals surface area contributed by atoms with Crippen molar-refractivity contribution in [3.63, 3.8) is 0 Å². The smallest absolute Gasteiger partial charge is 0.309 e. The van der Waals surface area contributed by atoms with Crippen LogP contribution in [0.25, 0.3) is 0 Å². The molecule has 2 heterocycles. The number of anilines is 1. The van der Waals surface area contributed by atoms with Crippen molar-refractivity contribution < 1.29 is 14.3 Å². The number of nitrogens with one attached hydrogen (secondary N) is 2. The first kappa shape index (κ1) is 25.2. The first-order chi connectivity index (χ1) is 17.7. The maximum atomic E-state index is 12.6. The van der Waals surface area contributed by atoms with Gasteiger partial charge in [0.05, 0.1) is 13.2 Å². The van der Waals surface area contributed by atoms with Crippen molar-refractivity contribution in [1.82, 2.24) is 20.5 Å². The molecule has 1 aliphatic rings. The van der Waals surface area contributed by atoms with Gasteiger partial charge in [-0.25, -0.2) is 0 Å². The number of ether oxygens (including phenoxy) is 1. The SMILES string of the molecule is COc1ccccc1CCNC(=O)C(=O)NC[C@H](c1cccnc1)N1CCN(c2ccccc2)CC1. The largest absolute Gasteiger partial charge is 0.496 e. The number of carbonyl (C=O) groups is 2. The van der Waals surface area contributed by atoms with Gasteiger partial charge in [-0.1, -0.05) is 42.5 Å². The molecule has 1 atom stereocenters. The summed E-state index contributed by atoms with van der Waals surface area (Å²) in [5.41, 5.74) is 3.21. The Morgan fingerprint density at radius 1 is 0.917 bits per heavy atom. The summed E-state index contributed by atoms with van der Waals surface area (Å²) < 4.78 is 5.34. The molecular weight excluding hydrogens is 454 g/mol. The highest BCUT2D eigenvalue weighted by molar-refractivity contribution is 6.35. The number of amides is 2. The minimum atomic E-state index is -0.635. The van der Waals surface area contributed by atoms with Gasteiger partial charge in [-0.3, -0.25) is 19.5 Å². The quantitative estimate of drug-likeness (QED) is 0.451. The molecule has 2 amide bonds. The van der Waals surface area contributed by atoms with Crippen LogP contribution in [0.3, 0.4) is 0 Å². The summed E-state index contributed by atoms with van der Waals surface area (Å²) in [6, 6.07) is 21.9. The number of hydrogen-bond donors (Lipinski definition) is 2. The number of pyridine rings is 1. The molecule has 188 valence electrons. The van der Waals surface area contributed by atoms with E-state index >= 15 is 0 Å². The normalized spacial score (nSPS) is 14.6. The van der Waals surface area contributed by atoms with Crippen molar-refractivity contribution >= 4 is 17.5 Å². The van der Waals surface area contributed by atoms with Crippen LogP contribution in [0.2, 0.25) is 0 Å². The molecule has 4 rings (SSSR count). The Hall–Kier alpha value is -3.91. The van der Waals surface area contributed by atoms with Gasteiger partial charge in [0.25, 0.3) is 0 Å². The van der Waals surface area contributed by atoms with E-state index in [0.717, 1.165) is 43.1 Å². The van der Waals surface area contributed by atoms with Crippen LogP contribution in [0, 0.1) is 0 Å². The summed E-state index contributed by atoms with van der Waals surface area (Å²) >= 11 is 0. The van der Waals surface area contributed by atoms with E-state index < -0.39 is 11.8 Å². The average molecular weight is 488 g/mol. The molecule has 0 radical (unpaired) electrons. The van der Waals surface area contributed by atoms with Crippen LogP contribution in [-0.2, 0) is 16.0 Å². The number of aromatic nitrogens is 1. The number of benzene rings is 2. The predicted molar refractivity (Wildman–Crippen MR) is 140 cm³/mol. The van der Waals surface area contributed by atoms with Crippen molar-refractivity contribution in [3.8, 4) is 5.75 Å². The predicted octanol–water partition coefficient (Wildman–Crippen LogP) is 2.43. The molecule has 3 aromatic rings. The Kier molecular flexibility index (Phi) is 8.88. The Morgan fingerprint density at radius 3 is 2.36 bits per heavy atom. The van der Waals surface area contributed by atoms with Crippen LogP contribution in [0.5, 0.6) is 5.75 Å². The van der Waals surface area contributed by atoms with Gasteiger partial charge in [-0.15, -0.1) is 0 Å². The van der Waals surface area contributed by atoms with Gasteiger partial charge >= 0.3 is 11.8 Å². The second kappa shape index (κ2) is 12.7. The lowest BCUT2D eigenvalue weighted by Gasteiger charge is -2.40. The van der Waals surface area contributed by atoms with E-state index in [2.05, 4.69) is 49.7 Å². The Balaban J connectivity index is 1.31. The van der Waals surface area contributed by atoms with Gasteiger partial charge in [-0.2, -0.15) is 0 Å². The van der Waals surface area contributed by atoms with E-state index in [-0.39, 0.29) is 6.04 Å². The van der Waals surface area contributed by atoms with Crippen LogP contribution in [0.15, 0.2) is 79.1 Å². The first-order valence-corrected chi connectivity index (χ1v) is 12.3. The molecule has 0 unspecified atom stereocenters. The number of rotatable bonds is 9. The number of methoxy groups -OCH3 is 1. The zero-order chi connectivity index (χ0) is 25.2. The van der Waals surface area contributed by atoms with Gasteiger partial charge < -0.3 is 20.3 Å². The summed E-state index contributed by atoms with van der Waals surface area (Å²) in [7, 11) is 1.62. The third-order valence-corrected chi connectivity index (χ3v) is 6.48. The first-order valence-electron chi connectivity index (χ1n) is 12.3. The molecule has 0 saturated carbocycles. The molecule has 36 heavy (non-hydrogen) atoms. The van der Waals surface area contributed by atoms with Crippen LogP contribution in [0.4, 0.5) is 5.69 Å². The second-order valence-electron chi connectivity index (χ2n) is 8.69. The van der Waals surface area contributed by atoms with Crippen molar-refractivity contribution in [2.75, 3.05) is 51.3 Å². The lowest BCUT2D eigenvalue weighted by atomic mass is 10.1. The van der Waals surface area contributed by atoms with Crippen LogP contribution < -0.4 is 20.3 Å². The summed E-state index contributed by atoms with van der Waals surface area (Å²) in [4.78, 5) is 34.0. The maximum absolute atomic E-state index is 12.6. The fourth-order valence-corrected chi connectivity index (χ4v) is 4.53. The fraction of sp³-hybridized carbons (Fsp3) is 0.321. The fourth-order valence-electron chi connectivity index (χ4n) is 4.53. The lowest BCUT2D eigenvalue weighted by molar-refractivity contribution is -0.139. The molecule has 8 heteroatoms. The minimum absolute atomic E-state index is 0.0676. The molecule has 0 aliphatic carbocycles. The average Bonchev–Trinajstić information content (AvgIpc) is 2.94. The summed E-state index contributed by atoms with van der Waals surface area (Å²) in [5, 5.41) is 5.54. The van der Waals surface area contributed by atoms with Crippen LogP contribution >= 0.6 is 0 Å². The molecule has 2 N–H and O–H groups in total. The van der Waals surface area contributed by atoms with Gasteiger partial charge in [0, 0.05) is 57.3 Å². The van der Waals surface area contributed by atoms with Gasteiger partial charge in [0.1, 0.15) is 5.75 Å². The number of para-hydroxylation sites is 2. The molecule has 0 spiro atoms. The molecule has 0 bridgehead atoms. The third-order valence-electron chi connectivity index (χ3n) is 6.48. The second-order valence-corrected chi connectivity index (χ2v) is 8.69. The molecule has 1 saturated heterocycles. The maximum Gasteiger partial charge on any atom is 0.309 e. The van der Waals surface area contributed by atoms with Crippen molar-refractivity contribution in [2.45, 2.75) is 12.5 Å². The molecule has 8 nitrogen and oxygen atoms in total. The monoisotopic (exact) mass is 487 g/mol. The van der Waals surface area contributed by atoms with E-state index in [1.807, 2.05) is 48.7 Å². The number of hydrogen-bond acceptors (Lipinski definition) is 6. The third kappa shape index (κ3) is 6.60. The molecule has 1 aromatic heterocycles. The summed E-state index contributed by atoms with van der Waals surface area (Å²) in [6.07, 6.45) is 4.14. The molecule has 1 aliphatic heterocycles. The van der Waals surface area contributed by atoms with Crippen LogP contribution in [-0.4, -0.2) is 68.1 Å². The van der Waals surface area contributed by atoms with Gasteiger partial charge in [0.15, 0.2) is 0 Å². The number of carbonyl (C=O) groups excluding carboxylic acids is 2. The topological polar surface area (TPSA) is 86.8 Å². The van der Waals surface area contributed by atoms with Gasteiger partial charge in [-0.05, 0) is 41.8 Å². The minimum Gasteiger partial charge on any atom is -0.496 e. The number of nitrogens with zero attached hydrogens (tertiary/aromatic N) is 3. The van der Waals surface area contributed by atoms with Crippen LogP contribution in [0.1, 0.15) is 17.2 Å². The summed E-state index contributed by atoms with van der Waals surface area (Å²) in [6.45, 7) is 4.14. The summed E-state index contributed by atoms with van der Waals surface area (Å²) in [5.74, 6) is -0.501. The molecule has 1 fully saturated rings. The van der Waals surface area contributed by atoms with E-state index in [0.29, 0.717) is 19.5 Å². The highest BCUT2D eigenvalue weighted by Gasteiger charge is 2.26. The van der Waals surface area contributed by atoms with Crippen molar-refractivity contribution in [2.24, 2.45) is 0 Å². The zero-order valence-corrected chi connectivity index (χ0v) is 20.6. The lowest BCUT2D eigenvalue weighted by Crippen LogP contribution is -2.51. The van der Waals surface area contributed by atoms with Gasteiger partial charge in [0.2, 0.25) is 0 Å². The highest BCUT2D eigenvalue weighted by Crippen LogP contribution is 2.23. The zero-order valence-electron chi connectivity index (χ0n) is 20.6. The number of piperazine rings is 1. The van der Waals surface area contributed by atoms with Crippen molar-refractivity contribution in [1.29, 1.82) is 0 Å². The Labute approximate surface area is 212 Å².